The maximum atomic E-state index is 9.33. The van der Waals surface area contributed by atoms with Gasteiger partial charge < -0.3 is 5.11 Å². The summed E-state index contributed by atoms with van der Waals surface area (Å²) in [5.74, 6) is -0.833. The quantitative estimate of drug-likeness (QED) is 0.512. The summed E-state index contributed by atoms with van der Waals surface area (Å²) in [5, 5.41) is 7.42. The van der Waals surface area contributed by atoms with E-state index in [1.165, 1.54) is 6.92 Å². The van der Waals surface area contributed by atoms with Gasteiger partial charge in [0.15, 0.2) is 0 Å². The van der Waals surface area contributed by atoms with Gasteiger partial charge in [0.2, 0.25) is 0 Å². The molecule has 0 saturated heterocycles. The maximum absolute atomic E-state index is 9.33. The Hall–Kier alpha value is -0.341. The van der Waals surface area contributed by atoms with Crippen molar-refractivity contribution in [3.05, 3.63) is 0 Å². The second kappa shape index (κ2) is 6.66. The molecule has 0 aliphatic heterocycles. The Labute approximate surface area is 55.9 Å². The van der Waals surface area contributed by atoms with E-state index in [2.05, 4.69) is 16.0 Å². The Bertz CT molecular complexity index is 69.3. The van der Waals surface area contributed by atoms with Crippen LogP contribution in [-0.4, -0.2) is 15.8 Å². The van der Waals surface area contributed by atoms with Crippen molar-refractivity contribution in [2.75, 3.05) is 0 Å². The number of carbonyl (C=O) groups excluding carboxylic acids is 1. The molecule has 0 heterocycles. The van der Waals surface area contributed by atoms with Crippen LogP contribution in [-0.2, 0) is 25.6 Å². The summed E-state index contributed by atoms with van der Waals surface area (Å²) in [5.41, 5.74) is 0. The van der Waals surface area contributed by atoms with Crippen LogP contribution in [0, 0.1) is 0 Å². The van der Waals surface area contributed by atoms with Crippen molar-refractivity contribution >= 4 is 10.7 Å². The summed E-state index contributed by atoms with van der Waals surface area (Å²) in [6.07, 6.45) is 0. The second-order valence-corrected chi connectivity index (χ2v) is 1.75. The molecule has 0 aromatic heterocycles. The van der Waals surface area contributed by atoms with E-state index in [9.17, 15) is 4.79 Å². The van der Waals surface area contributed by atoms with E-state index < -0.39 is 5.97 Å². The fraction of sp³-hybridized carbons (Fsp3) is 0.500. The number of carboxylic acid groups (broad SMARTS) is 1. The van der Waals surface area contributed by atoms with Crippen molar-refractivity contribution in [3.8, 4) is 0 Å². The molecule has 0 rings (SSSR count). The van der Waals surface area contributed by atoms with E-state index in [0.29, 0.717) is 0 Å². The summed E-state index contributed by atoms with van der Waals surface area (Å²) < 4.78 is -0.0833. The molecule has 0 fully saturated rings. The van der Waals surface area contributed by atoms with Crippen LogP contribution in [0.25, 0.3) is 0 Å². The normalized spacial score (nSPS) is 6.38. The van der Waals surface area contributed by atoms with Crippen molar-refractivity contribution in [1.29, 1.82) is 0 Å². The van der Waals surface area contributed by atoms with Gasteiger partial charge in [0.25, 0.3) is 5.97 Å². The zero-order valence-corrected chi connectivity index (χ0v) is 5.72. The predicted octanol–water partition coefficient (Wildman–Crippen LogP) is 0.171. The first kappa shape index (κ1) is 10.6. The standard InChI is InChI=1S/C2H4O2.C2H3O.Fe/c1-2(3)4;1-2-3;/h1H3,(H,3,4);1H3;. The first-order valence-corrected chi connectivity index (χ1v) is 2.36. The molecule has 1 N–H and O–H groups in total. The van der Waals surface area contributed by atoms with E-state index in [4.69, 9.17) is 9.90 Å². The zero-order chi connectivity index (χ0) is 7.15. The number of aliphatic carboxylic acids is 1. The second-order valence-electron chi connectivity index (χ2n) is 0.972. The van der Waals surface area contributed by atoms with Gasteiger partial charge in [-0.1, -0.05) is 0 Å². The minimum atomic E-state index is -0.833. The average molecular weight is 159 g/mol. The molecule has 8 heavy (non-hydrogen) atoms. The van der Waals surface area contributed by atoms with E-state index >= 15 is 0 Å². The van der Waals surface area contributed by atoms with Crippen molar-refractivity contribution in [2.24, 2.45) is 0 Å². The molecule has 0 radical (unpaired) electrons. The van der Waals surface area contributed by atoms with Crippen LogP contribution >= 0.6 is 0 Å². The van der Waals surface area contributed by atoms with E-state index in [0.717, 1.165) is 6.92 Å². The third-order valence-electron chi connectivity index (χ3n) is 0. The molecule has 0 aromatic rings. The van der Waals surface area contributed by atoms with Crippen LogP contribution in [0.3, 0.4) is 0 Å². The van der Waals surface area contributed by atoms with Crippen molar-refractivity contribution in [3.63, 3.8) is 0 Å². The molecule has 0 spiro atoms. The molecule has 0 atom stereocenters. The van der Waals surface area contributed by atoms with Crippen LogP contribution in [0.2, 0.25) is 0 Å². The molecule has 0 bridgehead atoms. The topological polar surface area (TPSA) is 54.4 Å². The van der Waals surface area contributed by atoms with Crippen LogP contribution in [0.4, 0.5) is 0 Å². The molecule has 0 aliphatic rings. The Morgan fingerprint density at radius 1 is 1.38 bits per heavy atom. The third-order valence-corrected chi connectivity index (χ3v) is 0. The molecule has 49 valence electrons. The van der Waals surface area contributed by atoms with E-state index in [1.807, 2.05) is 0 Å². The Kier molecular flexibility index (Phi) is 8.83. The molecular formula is C4H7FeO3. The number of carbonyl (C=O) groups is 2. The van der Waals surface area contributed by atoms with Crippen molar-refractivity contribution < 1.29 is 30.7 Å². The third kappa shape index (κ3) is 1060. The van der Waals surface area contributed by atoms with Crippen LogP contribution in [0.15, 0.2) is 0 Å². The molecule has 0 unspecified atom stereocenters. The number of carboxylic acids is 1. The van der Waals surface area contributed by atoms with Gasteiger partial charge in [0.1, 0.15) is 0 Å². The zero-order valence-electron chi connectivity index (χ0n) is 4.62. The van der Waals surface area contributed by atoms with Crippen molar-refractivity contribution in [2.45, 2.75) is 13.8 Å². The van der Waals surface area contributed by atoms with Crippen LogP contribution in [0.5, 0.6) is 0 Å². The van der Waals surface area contributed by atoms with Gasteiger partial charge in [-0.2, -0.15) is 0 Å². The summed E-state index contributed by atoms with van der Waals surface area (Å²) in [6.45, 7) is 2.50. The molecule has 0 aliphatic carbocycles. The Morgan fingerprint density at radius 3 is 1.38 bits per heavy atom. The SMILES string of the molecule is CC(=O)O.C[C](=O)[Fe]. The average Bonchev–Trinajstić information content (AvgIpc) is 1.25. The molecular weight excluding hydrogens is 152 g/mol. The molecule has 3 nitrogen and oxygen atoms in total. The fourth-order valence-corrected chi connectivity index (χ4v) is 0. The van der Waals surface area contributed by atoms with Gasteiger partial charge in [0, 0.05) is 6.92 Å². The number of rotatable bonds is 0. The molecule has 0 saturated carbocycles. The molecule has 4 heteroatoms. The Balaban J connectivity index is 0. The fourth-order valence-electron chi connectivity index (χ4n) is 0. The van der Waals surface area contributed by atoms with Gasteiger partial charge in [0.05, 0.1) is 0 Å². The van der Waals surface area contributed by atoms with Gasteiger partial charge >= 0.3 is 32.4 Å². The Morgan fingerprint density at radius 2 is 1.38 bits per heavy atom. The first-order chi connectivity index (χ1) is 3.46. The van der Waals surface area contributed by atoms with Crippen LogP contribution < -0.4 is 0 Å². The summed E-state index contributed by atoms with van der Waals surface area (Å²) in [6, 6.07) is 0. The predicted molar refractivity (Wildman–Crippen MR) is 24.0 cm³/mol. The summed E-state index contributed by atoms with van der Waals surface area (Å²) in [4.78, 5) is 18.3. The first-order valence-electron chi connectivity index (χ1n) is 1.81. The van der Waals surface area contributed by atoms with Gasteiger partial charge in [-0.3, -0.25) is 4.79 Å². The van der Waals surface area contributed by atoms with Gasteiger partial charge in [-0.05, 0) is 0 Å². The van der Waals surface area contributed by atoms with E-state index in [1.54, 1.807) is 0 Å². The summed E-state index contributed by atoms with van der Waals surface area (Å²) >= 11 is 3.00. The monoisotopic (exact) mass is 159 g/mol. The number of hydrogen-bond donors (Lipinski definition) is 1. The number of hydrogen-bond acceptors (Lipinski definition) is 2. The summed E-state index contributed by atoms with van der Waals surface area (Å²) in [7, 11) is 0. The van der Waals surface area contributed by atoms with Crippen LogP contribution in [0.1, 0.15) is 13.8 Å². The molecule has 0 amide bonds. The van der Waals surface area contributed by atoms with Gasteiger partial charge in [-0.15, -0.1) is 0 Å². The molecule has 0 aromatic carbocycles. The van der Waals surface area contributed by atoms with E-state index in [-0.39, 0.29) is 4.68 Å². The van der Waals surface area contributed by atoms with Crippen molar-refractivity contribution in [1.82, 2.24) is 0 Å². The van der Waals surface area contributed by atoms with Gasteiger partial charge in [-0.25, -0.2) is 0 Å². The minimum absolute atomic E-state index is 0.0833.